The van der Waals surface area contributed by atoms with Gasteiger partial charge in [0.1, 0.15) is 17.2 Å². The van der Waals surface area contributed by atoms with Gasteiger partial charge < -0.3 is 15.3 Å². The zero-order valence-corrected chi connectivity index (χ0v) is 31.6. The first-order valence-electron chi connectivity index (χ1n) is 18.6. The van der Waals surface area contributed by atoms with Gasteiger partial charge in [0.15, 0.2) is 0 Å². The van der Waals surface area contributed by atoms with Crippen LogP contribution in [0, 0.1) is 0 Å². The summed E-state index contributed by atoms with van der Waals surface area (Å²) in [7, 11) is 0. The number of aliphatic imine (C=N–C) groups is 3. The van der Waals surface area contributed by atoms with E-state index in [1.165, 1.54) is 0 Å². The zero-order chi connectivity index (χ0) is 40.2. The van der Waals surface area contributed by atoms with E-state index >= 15 is 0 Å². The van der Waals surface area contributed by atoms with E-state index in [0.717, 1.165) is 17.1 Å². The van der Waals surface area contributed by atoms with Crippen LogP contribution in [-0.2, 0) is 0 Å². The first-order chi connectivity index (χ1) is 28.5. The molecule has 0 unspecified atom stereocenters. The number of benzene rings is 6. The summed E-state index contributed by atoms with van der Waals surface area (Å²) in [5.41, 5.74) is 5.54. The van der Waals surface area contributed by atoms with Gasteiger partial charge >= 0.3 is 0 Å². The molecule has 0 aromatic heterocycles. The Labute approximate surface area is 336 Å². The first-order valence-corrected chi connectivity index (χ1v) is 18.6. The SMILES string of the molecule is Oc1ccc(N=Nc2ccccc2)cc1C=NCCN(CCN=Cc1cc(N=Nc2ccccc2)ccc1O)CCN=Cc1cc(N=Nc2ccccc2)ccc1O. The normalized spacial score (nSPS) is 12.2. The molecule has 0 bridgehead atoms. The van der Waals surface area contributed by atoms with Crippen molar-refractivity contribution in [2.45, 2.75) is 0 Å². The van der Waals surface area contributed by atoms with Gasteiger partial charge in [0, 0.05) is 55.0 Å². The number of aromatic hydroxyl groups is 3. The van der Waals surface area contributed by atoms with Crippen molar-refractivity contribution in [1.82, 2.24) is 4.90 Å². The molecular weight excluding hydrogens is 729 g/mol. The van der Waals surface area contributed by atoms with Gasteiger partial charge in [0.2, 0.25) is 0 Å². The summed E-state index contributed by atoms with van der Waals surface area (Å²) in [5, 5.41) is 57.1. The Kier molecular flexibility index (Phi) is 14.9. The van der Waals surface area contributed by atoms with Gasteiger partial charge in [-0.25, -0.2) is 0 Å². The Balaban J connectivity index is 1.09. The van der Waals surface area contributed by atoms with Crippen LogP contribution in [0.3, 0.4) is 0 Å². The van der Waals surface area contributed by atoms with Gasteiger partial charge in [-0.05, 0) is 91.0 Å². The summed E-state index contributed by atoms with van der Waals surface area (Å²) in [6.07, 6.45) is 4.88. The molecular formula is C45H42N10O3. The van der Waals surface area contributed by atoms with Gasteiger partial charge in [0.25, 0.3) is 0 Å². The van der Waals surface area contributed by atoms with Crippen LogP contribution in [0.15, 0.2) is 191 Å². The third kappa shape index (κ3) is 13.1. The molecule has 6 aromatic rings. The largest absolute Gasteiger partial charge is 0.507 e. The van der Waals surface area contributed by atoms with E-state index in [2.05, 4.69) is 50.6 Å². The molecule has 13 nitrogen and oxygen atoms in total. The van der Waals surface area contributed by atoms with E-state index in [1.54, 1.807) is 73.2 Å². The van der Waals surface area contributed by atoms with Crippen molar-refractivity contribution >= 4 is 52.8 Å². The summed E-state index contributed by atoms with van der Waals surface area (Å²) < 4.78 is 0. The number of hydrogen-bond donors (Lipinski definition) is 3. The summed E-state index contributed by atoms with van der Waals surface area (Å²) in [5.74, 6) is 0.266. The molecule has 0 saturated heterocycles. The maximum atomic E-state index is 10.5. The van der Waals surface area contributed by atoms with Crippen LogP contribution in [0.4, 0.5) is 34.1 Å². The monoisotopic (exact) mass is 770 g/mol. The molecule has 0 saturated carbocycles. The van der Waals surface area contributed by atoms with Gasteiger partial charge in [0.05, 0.1) is 53.8 Å². The number of azo groups is 3. The Bertz CT molecular complexity index is 2130. The number of nitrogens with zero attached hydrogens (tertiary/aromatic N) is 10. The topological polar surface area (TPSA) is 175 Å². The summed E-state index contributed by atoms with van der Waals surface area (Å²) in [6, 6.07) is 43.2. The van der Waals surface area contributed by atoms with E-state index in [1.807, 2.05) is 91.0 Å². The second-order valence-electron chi connectivity index (χ2n) is 12.8. The average molecular weight is 771 g/mol. The van der Waals surface area contributed by atoms with E-state index in [0.29, 0.717) is 73.0 Å². The lowest BCUT2D eigenvalue weighted by Crippen LogP contribution is -2.31. The van der Waals surface area contributed by atoms with Crippen molar-refractivity contribution in [2.75, 3.05) is 39.3 Å². The quantitative estimate of drug-likeness (QED) is 0.0582. The smallest absolute Gasteiger partial charge is 0.124 e. The van der Waals surface area contributed by atoms with Crippen molar-refractivity contribution in [3.8, 4) is 17.2 Å². The van der Waals surface area contributed by atoms with Gasteiger partial charge in [-0.15, -0.1) is 0 Å². The zero-order valence-electron chi connectivity index (χ0n) is 31.6. The molecule has 58 heavy (non-hydrogen) atoms. The second-order valence-corrected chi connectivity index (χ2v) is 12.8. The molecule has 0 radical (unpaired) electrons. The van der Waals surface area contributed by atoms with Crippen LogP contribution in [0.1, 0.15) is 16.7 Å². The van der Waals surface area contributed by atoms with Gasteiger partial charge in [-0.3, -0.25) is 19.9 Å². The number of phenolic OH excluding ortho intramolecular Hbond substituents is 3. The first kappa shape index (κ1) is 40.2. The van der Waals surface area contributed by atoms with Crippen molar-refractivity contribution < 1.29 is 15.3 Å². The molecule has 6 aromatic carbocycles. The predicted octanol–water partition coefficient (Wildman–Crippen LogP) is 11.0. The summed E-state index contributed by atoms with van der Waals surface area (Å²) in [6.45, 7) is 3.05. The van der Waals surface area contributed by atoms with Crippen molar-refractivity contribution in [2.24, 2.45) is 45.7 Å². The van der Waals surface area contributed by atoms with E-state index < -0.39 is 0 Å². The fraction of sp³-hybridized carbons (Fsp3) is 0.133. The highest BCUT2D eigenvalue weighted by molar-refractivity contribution is 5.86. The number of phenols is 3. The Morgan fingerprint density at radius 2 is 0.621 bits per heavy atom. The second kappa shape index (κ2) is 21.5. The maximum Gasteiger partial charge on any atom is 0.124 e. The minimum Gasteiger partial charge on any atom is -0.507 e. The molecule has 0 aliphatic heterocycles. The Hall–Kier alpha value is -7.51. The molecule has 0 atom stereocenters. The lowest BCUT2D eigenvalue weighted by Gasteiger charge is -2.19. The molecule has 0 heterocycles. The van der Waals surface area contributed by atoms with Crippen LogP contribution < -0.4 is 0 Å². The van der Waals surface area contributed by atoms with Crippen LogP contribution in [-0.4, -0.2) is 78.1 Å². The third-order valence-electron chi connectivity index (χ3n) is 8.47. The fourth-order valence-corrected chi connectivity index (χ4v) is 5.37. The van der Waals surface area contributed by atoms with Gasteiger partial charge in [-0.2, -0.15) is 30.7 Å². The van der Waals surface area contributed by atoms with E-state index in [-0.39, 0.29) is 17.2 Å². The molecule has 0 spiro atoms. The lowest BCUT2D eigenvalue weighted by molar-refractivity contribution is 0.298. The van der Waals surface area contributed by atoms with E-state index in [9.17, 15) is 15.3 Å². The predicted molar refractivity (Wildman–Crippen MR) is 230 cm³/mol. The maximum absolute atomic E-state index is 10.5. The van der Waals surface area contributed by atoms with Crippen LogP contribution in [0.25, 0.3) is 0 Å². The molecule has 6 rings (SSSR count). The third-order valence-corrected chi connectivity index (χ3v) is 8.47. The van der Waals surface area contributed by atoms with E-state index in [4.69, 9.17) is 0 Å². The highest BCUT2D eigenvalue weighted by Crippen LogP contribution is 2.26. The minimum atomic E-state index is 0.0886. The molecule has 290 valence electrons. The highest BCUT2D eigenvalue weighted by Gasteiger charge is 2.07. The van der Waals surface area contributed by atoms with Gasteiger partial charge in [-0.1, -0.05) is 54.6 Å². The summed E-state index contributed by atoms with van der Waals surface area (Å²) >= 11 is 0. The minimum absolute atomic E-state index is 0.0886. The number of rotatable bonds is 18. The Morgan fingerprint density at radius 1 is 0.345 bits per heavy atom. The number of hydrogen-bond acceptors (Lipinski definition) is 13. The molecule has 0 aliphatic carbocycles. The van der Waals surface area contributed by atoms with Crippen molar-refractivity contribution in [1.29, 1.82) is 0 Å². The molecule has 3 N–H and O–H groups in total. The molecule has 0 aliphatic rings. The van der Waals surface area contributed by atoms with Crippen LogP contribution in [0.2, 0.25) is 0 Å². The van der Waals surface area contributed by atoms with Crippen LogP contribution >= 0.6 is 0 Å². The highest BCUT2D eigenvalue weighted by atomic mass is 16.3. The molecule has 13 heteroatoms. The van der Waals surface area contributed by atoms with Crippen molar-refractivity contribution in [3.63, 3.8) is 0 Å². The van der Waals surface area contributed by atoms with Crippen molar-refractivity contribution in [3.05, 3.63) is 162 Å². The summed E-state index contributed by atoms with van der Waals surface area (Å²) in [4.78, 5) is 16.0. The standard InChI is InChI=1S/C45H42N10O3/c56-43-19-16-40(52-49-37-10-4-1-5-11-37)28-34(43)31-46-22-25-55(26-23-47-32-35-29-41(17-20-44(35)57)53-50-38-12-6-2-7-13-38)27-24-48-33-36-30-42(18-21-45(36)58)54-51-39-14-8-3-9-15-39/h1-21,28-33,56-58H,22-27H2. The molecule has 0 fully saturated rings. The fourth-order valence-electron chi connectivity index (χ4n) is 5.37. The lowest BCUT2D eigenvalue weighted by atomic mass is 10.2. The van der Waals surface area contributed by atoms with Crippen LogP contribution in [0.5, 0.6) is 17.2 Å². The average Bonchev–Trinajstić information content (AvgIpc) is 3.26. The Morgan fingerprint density at radius 3 is 0.914 bits per heavy atom. The molecule has 0 amide bonds.